The molecule has 1 aromatic rings. The SMILES string of the molecule is COC(=O)C(Cl)C(=O)c1cc(C)cc(C)c1OC. The summed E-state index contributed by atoms with van der Waals surface area (Å²) in [6.07, 6.45) is 0. The molecule has 0 fully saturated rings. The molecule has 1 unspecified atom stereocenters. The van der Waals surface area contributed by atoms with E-state index in [4.69, 9.17) is 16.3 Å². The minimum absolute atomic E-state index is 0.292. The first-order chi connectivity index (χ1) is 8.42. The number of hydrogen-bond donors (Lipinski definition) is 0. The fraction of sp³-hybridized carbons (Fsp3) is 0.385. The number of methoxy groups -OCH3 is 2. The van der Waals surface area contributed by atoms with Gasteiger partial charge in [-0.15, -0.1) is 11.6 Å². The number of carbonyl (C=O) groups is 2. The van der Waals surface area contributed by atoms with Gasteiger partial charge in [0.05, 0.1) is 19.8 Å². The second kappa shape index (κ2) is 5.87. The second-order valence-electron chi connectivity index (χ2n) is 3.91. The predicted molar refractivity (Wildman–Crippen MR) is 68.5 cm³/mol. The maximum atomic E-state index is 12.1. The third-order valence-electron chi connectivity index (χ3n) is 2.53. The van der Waals surface area contributed by atoms with Gasteiger partial charge in [-0.05, 0) is 31.0 Å². The van der Waals surface area contributed by atoms with E-state index in [-0.39, 0.29) is 0 Å². The first-order valence-corrected chi connectivity index (χ1v) is 5.77. The van der Waals surface area contributed by atoms with Gasteiger partial charge in [-0.3, -0.25) is 4.79 Å². The molecule has 0 amide bonds. The third kappa shape index (κ3) is 2.82. The van der Waals surface area contributed by atoms with Crippen LogP contribution in [0.25, 0.3) is 0 Å². The first kappa shape index (κ1) is 14.5. The zero-order chi connectivity index (χ0) is 13.9. The second-order valence-corrected chi connectivity index (χ2v) is 4.35. The number of rotatable bonds is 4. The Bertz CT molecular complexity index is 482. The highest BCUT2D eigenvalue weighted by Crippen LogP contribution is 2.27. The number of ether oxygens (including phenoxy) is 2. The molecule has 98 valence electrons. The number of benzene rings is 1. The topological polar surface area (TPSA) is 52.6 Å². The molecule has 0 N–H and O–H groups in total. The van der Waals surface area contributed by atoms with E-state index >= 15 is 0 Å². The van der Waals surface area contributed by atoms with Crippen LogP contribution in [0.3, 0.4) is 0 Å². The lowest BCUT2D eigenvalue weighted by molar-refractivity contribution is -0.139. The van der Waals surface area contributed by atoms with Gasteiger partial charge in [0.2, 0.25) is 0 Å². The average Bonchev–Trinajstić information content (AvgIpc) is 2.35. The van der Waals surface area contributed by atoms with Gasteiger partial charge in [-0.25, -0.2) is 4.79 Å². The largest absolute Gasteiger partial charge is 0.496 e. The molecule has 0 saturated heterocycles. The Balaban J connectivity index is 3.24. The van der Waals surface area contributed by atoms with E-state index in [0.717, 1.165) is 11.1 Å². The first-order valence-electron chi connectivity index (χ1n) is 5.33. The summed E-state index contributed by atoms with van der Waals surface area (Å²) in [7, 11) is 2.65. The van der Waals surface area contributed by atoms with Crippen LogP contribution in [-0.4, -0.2) is 31.3 Å². The molecular weight excluding hydrogens is 256 g/mol. The highest BCUT2D eigenvalue weighted by molar-refractivity contribution is 6.43. The Morgan fingerprint density at radius 3 is 2.33 bits per heavy atom. The number of hydrogen-bond acceptors (Lipinski definition) is 4. The highest BCUT2D eigenvalue weighted by atomic mass is 35.5. The number of esters is 1. The Labute approximate surface area is 111 Å². The molecule has 0 aliphatic carbocycles. The summed E-state index contributed by atoms with van der Waals surface area (Å²) < 4.78 is 9.64. The Kier molecular flexibility index (Phi) is 4.73. The number of aryl methyl sites for hydroxylation is 2. The molecule has 18 heavy (non-hydrogen) atoms. The van der Waals surface area contributed by atoms with E-state index in [2.05, 4.69) is 4.74 Å². The lowest BCUT2D eigenvalue weighted by Gasteiger charge is -2.13. The Hall–Kier alpha value is -1.55. The van der Waals surface area contributed by atoms with E-state index in [1.54, 1.807) is 6.07 Å². The number of ketones is 1. The normalized spacial score (nSPS) is 11.8. The van der Waals surface area contributed by atoms with Crippen LogP contribution in [-0.2, 0) is 9.53 Å². The average molecular weight is 271 g/mol. The van der Waals surface area contributed by atoms with Crippen LogP contribution in [0.1, 0.15) is 21.5 Å². The van der Waals surface area contributed by atoms with Crippen molar-refractivity contribution in [2.24, 2.45) is 0 Å². The van der Waals surface area contributed by atoms with E-state index in [0.29, 0.717) is 11.3 Å². The minimum Gasteiger partial charge on any atom is -0.496 e. The summed E-state index contributed by atoms with van der Waals surface area (Å²) >= 11 is 5.77. The lowest BCUT2D eigenvalue weighted by atomic mass is 10.0. The van der Waals surface area contributed by atoms with Gasteiger partial charge in [0.15, 0.2) is 11.2 Å². The summed E-state index contributed by atoms with van der Waals surface area (Å²) in [4.78, 5) is 23.4. The smallest absolute Gasteiger partial charge is 0.331 e. The maximum Gasteiger partial charge on any atom is 0.331 e. The van der Waals surface area contributed by atoms with Crippen molar-refractivity contribution in [3.8, 4) is 5.75 Å². The number of Topliss-reactive ketones (excluding diaryl/α,β-unsaturated/α-hetero) is 1. The molecule has 0 radical (unpaired) electrons. The molecule has 0 aliphatic rings. The van der Waals surface area contributed by atoms with Crippen molar-refractivity contribution in [3.63, 3.8) is 0 Å². The molecule has 0 aromatic heterocycles. The van der Waals surface area contributed by atoms with Crippen LogP contribution in [0.15, 0.2) is 12.1 Å². The third-order valence-corrected chi connectivity index (χ3v) is 2.90. The summed E-state index contributed by atoms with van der Waals surface area (Å²) in [5, 5.41) is -1.36. The molecule has 0 bridgehead atoms. The fourth-order valence-electron chi connectivity index (χ4n) is 1.76. The van der Waals surface area contributed by atoms with Crippen LogP contribution < -0.4 is 4.74 Å². The number of carbonyl (C=O) groups excluding carboxylic acids is 2. The number of halogens is 1. The lowest BCUT2D eigenvalue weighted by Crippen LogP contribution is -2.26. The zero-order valence-electron chi connectivity index (χ0n) is 10.7. The standard InChI is InChI=1S/C13H15ClO4/c1-7-5-8(2)12(17-3)9(6-7)11(15)10(14)13(16)18-4/h5-6,10H,1-4H3. The van der Waals surface area contributed by atoms with Gasteiger partial charge in [-0.2, -0.15) is 0 Å². The summed E-state index contributed by atoms with van der Waals surface area (Å²) in [5.74, 6) is -0.866. The summed E-state index contributed by atoms with van der Waals surface area (Å²) in [6.45, 7) is 3.68. The van der Waals surface area contributed by atoms with Crippen molar-refractivity contribution in [1.82, 2.24) is 0 Å². The van der Waals surface area contributed by atoms with Gasteiger partial charge in [0, 0.05) is 0 Å². The monoisotopic (exact) mass is 270 g/mol. The minimum atomic E-state index is -1.36. The van der Waals surface area contributed by atoms with Crippen molar-refractivity contribution in [2.45, 2.75) is 19.2 Å². The van der Waals surface area contributed by atoms with Crippen LogP contribution >= 0.6 is 11.6 Å². The van der Waals surface area contributed by atoms with Gasteiger partial charge < -0.3 is 9.47 Å². The van der Waals surface area contributed by atoms with Crippen LogP contribution in [0.2, 0.25) is 0 Å². The van der Waals surface area contributed by atoms with Crippen molar-refractivity contribution in [1.29, 1.82) is 0 Å². The molecule has 1 rings (SSSR count). The van der Waals surface area contributed by atoms with Crippen molar-refractivity contribution in [3.05, 3.63) is 28.8 Å². The number of alkyl halides is 1. The van der Waals surface area contributed by atoms with Crippen molar-refractivity contribution < 1.29 is 19.1 Å². The molecule has 5 heteroatoms. The van der Waals surface area contributed by atoms with Gasteiger partial charge in [0.1, 0.15) is 5.75 Å². The fourth-order valence-corrected chi connectivity index (χ4v) is 1.96. The van der Waals surface area contributed by atoms with Crippen LogP contribution in [0.4, 0.5) is 0 Å². The molecule has 4 nitrogen and oxygen atoms in total. The Morgan fingerprint density at radius 2 is 1.83 bits per heavy atom. The van der Waals surface area contributed by atoms with Gasteiger partial charge >= 0.3 is 5.97 Å². The van der Waals surface area contributed by atoms with E-state index in [9.17, 15) is 9.59 Å². The molecule has 1 atom stereocenters. The van der Waals surface area contributed by atoms with Crippen molar-refractivity contribution in [2.75, 3.05) is 14.2 Å². The molecule has 0 heterocycles. The molecule has 0 spiro atoms. The van der Waals surface area contributed by atoms with Gasteiger partial charge in [-0.1, -0.05) is 6.07 Å². The van der Waals surface area contributed by atoms with Crippen molar-refractivity contribution >= 4 is 23.4 Å². The summed E-state index contributed by atoms with van der Waals surface area (Å²) in [5.41, 5.74) is 2.00. The highest BCUT2D eigenvalue weighted by Gasteiger charge is 2.28. The van der Waals surface area contributed by atoms with E-state index in [1.165, 1.54) is 14.2 Å². The van der Waals surface area contributed by atoms with E-state index in [1.807, 2.05) is 19.9 Å². The van der Waals surface area contributed by atoms with Crippen LogP contribution in [0.5, 0.6) is 5.75 Å². The molecule has 1 aromatic carbocycles. The van der Waals surface area contributed by atoms with Gasteiger partial charge in [0.25, 0.3) is 0 Å². The quantitative estimate of drug-likeness (QED) is 0.365. The Morgan fingerprint density at radius 1 is 1.22 bits per heavy atom. The molecular formula is C13H15ClO4. The molecule has 0 saturated carbocycles. The predicted octanol–water partition coefficient (Wildman–Crippen LogP) is 2.28. The summed E-state index contributed by atoms with van der Waals surface area (Å²) in [6, 6.07) is 3.53. The van der Waals surface area contributed by atoms with E-state index < -0.39 is 17.1 Å². The van der Waals surface area contributed by atoms with Crippen LogP contribution in [0, 0.1) is 13.8 Å². The zero-order valence-corrected chi connectivity index (χ0v) is 11.5. The maximum absolute atomic E-state index is 12.1. The molecule has 0 aliphatic heterocycles.